The van der Waals surface area contributed by atoms with Gasteiger partial charge >= 0.3 is 0 Å². The van der Waals surface area contributed by atoms with Crippen LogP contribution in [-0.4, -0.2) is 54.4 Å². The molecule has 2 amide bonds. The number of amides is 2. The van der Waals surface area contributed by atoms with Gasteiger partial charge in [-0.15, -0.1) is 0 Å². The highest BCUT2D eigenvalue weighted by atomic mass is 16.5. The molecule has 2 saturated heterocycles. The lowest BCUT2D eigenvalue weighted by Gasteiger charge is -2.32. The zero-order valence-electron chi connectivity index (χ0n) is 17.7. The first-order chi connectivity index (χ1) is 14.6. The van der Waals surface area contributed by atoms with Gasteiger partial charge in [0.1, 0.15) is 5.75 Å². The van der Waals surface area contributed by atoms with Crippen molar-refractivity contribution < 1.29 is 14.3 Å². The Balaban J connectivity index is 1.33. The van der Waals surface area contributed by atoms with E-state index in [0.717, 1.165) is 62.2 Å². The van der Waals surface area contributed by atoms with E-state index in [2.05, 4.69) is 0 Å². The number of carbonyl (C=O) groups is 2. The van der Waals surface area contributed by atoms with Crippen molar-refractivity contribution in [2.24, 2.45) is 5.92 Å². The number of rotatable bonds is 5. The Kier molecular flexibility index (Phi) is 6.36. The van der Waals surface area contributed by atoms with E-state index in [-0.39, 0.29) is 11.8 Å². The van der Waals surface area contributed by atoms with Gasteiger partial charge < -0.3 is 14.5 Å². The SMILES string of the molecule is Cc1ccc(C(=O)N2CCC[C@H](COc3cccc(C(=O)N4CCCC4)c3)C2)cc1. The Bertz CT molecular complexity index is 888. The summed E-state index contributed by atoms with van der Waals surface area (Å²) >= 11 is 0. The smallest absolute Gasteiger partial charge is 0.253 e. The number of piperidine rings is 1. The molecule has 2 aromatic rings. The van der Waals surface area contributed by atoms with Gasteiger partial charge in [-0.05, 0) is 62.9 Å². The van der Waals surface area contributed by atoms with E-state index < -0.39 is 0 Å². The molecule has 4 rings (SSSR count). The van der Waals surface area contributed by atoms with Gasteiger partial charge in [-0.3, -0.25) is 9.59 Å². The van der Waals surface area contributed by atoms with Crippen molar-refractivity contribution in [3.8, 4) is 5.75 Å². The van der Waals surface area contributed by atoms with Crippen LogP contribution in [0.15, 0.2) is 48.5 Å². The minimum Gasteiger partial charge on any atom is -0.493 e. The summed E-state index contributed by atoms with van der Waals surface area (Å²) in [4.78, 5) is 29.3. The summed E-state index contributed by atoms with van der Waals surface area (Å²) in [6, 6.07) is 15.3. The van der Waals surface area contributed by atoms with Crippen LogP contribution < -0.4 is 4.74 Å². The van der Waals surface area contributed by atoms with E-state index in [1.807, 2.05) is 65.3 Å². The van der Waals surface area contributed by atoms with Gasteiger partial charge in [-0.25, -0.2) is 0 Å². The van der Waals surface area contributed by atoms with E-state index in [4.69, 9.17) is 4.74 Å². The monoisotopic (exact) mass is 406 g/mol. The van der Waals surface area contributed by atoms with Crippen molar-refractivity contribution in [2.45, 2.75) is 32.6 Å². The van der Waals surface area contributed by atoms with Crippen LogP contribution in [0.4, 0.5) is 0 Å². The van der Waals surface area contributed by atoms with E-state index in [1.165, 1.54) is 0 Å². The molecule has 0 bridgehead atoms. The molecule has 0 spiro atoms. The van der Waals surface area contributed by atoms with Gasteiger partial charge in [0.05, 0.1) is 6.61 Å². The van der Waals surface area contributed by atoms with Gasteiger partial charge in [0.15, 0.2) is 0 Å². The molecule has 30 heavy (non-hydrogen) atoms. The highest BCUT2D eigenvalue weighted by molar-refractivity contribution is 5.95. The second-order valence-electron chi connectivity index (χ2n) is 8.46. The van der Waals surface area contributed by atoms with Crippen LogP contribution in [-0.2, 0) is 0 Å². The molecular formula is C25H30N2O3. The van der Waals surface area contributed by atoms with Gasteiger partial charge in [0.25, 0.3) is 11.8 Å². The van der Waals surface area contributed by atoms with Crippen LogP contribution in [0.5, 0.6) is 5.75 Å². The van der Waals surface area contributed by atoms with Crippen LogP contribution in [0, 0.1) is 12.8 Å². The largest absolute Gasteiger partial charge is 0.493 e. The van der Waals surface area contributed by atoms with Crippen LogP contribution in [0.2, 0.25) is 0 Å². The molecule has 5 nitrogen and oxygen atoms in total. The molecule has 2 aliphatic rings. The third-order valence-electron chi connectivity index (χ3n) is 6.06. The number of hydrogen-bond donors (Lipinski definition) is 0. The van der Waals surface area contributed by atoms with Crippen molar-refractivity contribution in [1.82, 2.24) is 9.80 Å². The maximum atomic E-state index is 12.8. The Morgan fingerprint density at radius 3 is 2.37 bits per heavy atom. The lowest BCUT2D eigenvalue weighted by atomic mass is 9.98. The molecular weight excluding hydrogens is 376 g/mol. The summed E-state index contributed by atoms with van der Waals surface area (Å²) in [7, 11) is 0. The summed E-state index contributed by atoms with van der Waals surface area (Å²) in [5, 5.41) is 0. The number of nitrogens with zero attached hydrogens (tertiary/aromatic N) is 2. The fourth-order valence-corrected chi connectivity index (χ4v) is 4.30. The Morgan fingerprint density at radius 2 is 1.60 bits per heavy atom. The Morgan fingerprint density at radius 1 is 0.900 bits per heavy atom. The molecule has 2 fully saturated rings. The van der Waals surface area contributed by atoms with Gasteiger partial charge in [-0.1, -0.05) is 23.8 Å². The third kappa shape index (κ3) is 4.84. The first kappa shape index (κ1) is 20.5. The molecule has 2 aliphatic heterocycles. The topological polar surface area (TPSA) is 49.9 Å². The fraction of sp³-hybridized carbons (Fsp3) is 0.440. The number of hydrogen-bond acceptors (Lipinski definition) is 3. The average Bonchev–Trinajstić information content (AvgIpc) is 3.33. The van der Waals surface area contributed by atoms with Crippen LogP contribution in [0.1, 0.15) is 52.0 Å². The van der Waals surface area contributed by atoms with E-state index in [1.54, 1.807) is 0 Å². The molecule has 0 radical (unpaired) electrons. The van der Waals surface area contributed by atoms with E-state index in [0.29, 0.717) is 24.6 Å². The number of aryl methyl sites for hydroxylation is 1. The Labute approximate surface area is 178 Å². The quantitative estimate of drug-likeness (QED) is 0.749. The zero-order chi connectivity index (χ0) is 20.9. The molecule has 0 aliphatic carbocycles. The number of ether oxygens (including phenoxy) is 1. The second kappa shape index (κ2) is 9.33. The molecule has 1 atom stereocenters. The fourth-order valence-electron chi connectivity index (χ4n) is 4.30. The predicted octanol–water partition coefficient (Wildman–Crippen LogP) is 4.16. The molecule has 0 saturated carbocycles. The van der Waals surface area contributed by atoms with Crippen LogP contribution in [0.25, 0.3) is 0 Å². The molecule has 2 aromatic carbocycles. The first-order valence-electron chi connectivity index (χ1n) is 11.0. The highest BCUT2D eigenvalue weighted by Gasteiger charge is 2.25. The van der Waals surface area contributed by atoms with Crippen LogP contribution >= 0.6 is 0 Å². The number of carbonyl (C=O) groups excluding carboxylic acids is 2. The first-order valence-corrected chi connectivity index (χ1v) is 11.0. The van der Waals surface area contributed by atoms with Crippen molar-refractivity contribution in [3.63, 3.8) is 0 Å². The lowest BCUT2D eigenvalue weighted by molar-refractivity contribution is 0.0632. The van der Waals surface area contributed by atoms with E-state index >= 15 is 0 Å². The maximum Gasteiger partial charge on any atom is 0.253 e. The molecule has 5 heteroatoms. The zero-order valence-corrected chi connectivity index (χ0v) is 17.7. The van der Waals surface area contributed by atoms with Gasteiger partial charge in [0.2, 0.25) is 0 Å². The summed E-state index contributed by atoms with van der Waals surface area (Å²) in [6.07, 6.45) is 4.20. The molecule has 158 valence electrons. The van der Waals surface area contributed by atoms with Gasteiger partial charge in [-0.2, -0.15) is 0 Å². The number of likely N-dealkylation sites (tertiary alicyclic amines) is 2. The summed E-state index contributed by atoms with van der Waals surface area (Å²) in [5.41, 5.74) is 2.59. The van der Waals surface area contributed by atoms with Crippen molar-refractivity contribution in [3.05, 3.63) is 65.2 Å². The molecule has 0 aromatic heterocycles. The predicted molar refractivity (Wildman–Crippen MR) is 117 cm³/mol. The summed E-state index contributed by atoms with van der Waals surface area (Å²) < 4.78 is 6.04. The highest BCUT2D eigenvalue weighted by Crippen LogP contribution is 2.22. The van der Waals surface area contributed by atoms with Crippen molar-refractivity contribution in [1.29, 1.82) is 0 Å². The second-order valence-corrected chi connectivity index (χ2v) is 8.46. The number of benzene rings is 2. The minimum atomic E-state index is 0.0884. The van der Waals surface area contributed by atoms with Gasteiger partial charge in [0, 0.05) is 43.2 Å². The lowest BCUT2D eigenvalue weighted by Crippen LogP contribution is -2.41. The standard InChI is InChI=1S/C25H30N2O3/c1-19-9-11-21(12-10-19)24(28)27-15-5-6-20(17-27)18-30-23-8-4-7-22(16-23)25(29)26-13-2-3-14-26/h4,7-12,16,20H,2-3,5-6,13-15,17-18H2,1H3/t20-/m0/s1. The summed E-state index contributed by atoms with van der Waals surface area (Å²) in [5.74, 6) is 1.21. The normalized spacial score (nSPS) is 19.0. The van der Waals surface area contributed by atoms with E-state index in [9.17, 15) is 9.59 Å². The molecule has 0 N–H and O–H groups in total. The molecule has 0 unspecified atom stereocenters. The average molecular weight is 407 g/mol. The minimum absolute atomic E-state index is 0.0884. The molecule has 2 heterocycles. The third-order valence-corrected chi connectivity index (χ3v) is 6.06. The summed E-state index contributed by atoms with van der Waals surface area (Å²) in [6.45, 7) is 5.77. The van der Waals surface area contributed by atoms with Crippen LogP contribution in [0.3, 0.4) is 0 Å². The van der Waals surface area contributed by atoms with Crippen molar-refractivity contribution in [2.75, 3.05) is 32.8 Å². The Hall–Kier alpha value is -2.82. The maximum absolute atomic E-state index is 12.8. The van der Waals surface area contributed by atoms with Crippen molar-refractivity contribution >= 4 is 11.8 Å².